The molecule has 0 N–H and O–H groups in total. The molecule has 0 atom stereocenters. The van der Waals surface area contributed by atoms with Gasteiger partial charge in [0.05, 0.1) is 6.07 Å². The summed E-state index contributed by atoms with van der Waals surface area (Å²) in [5.74, 6) is 0. The maximum atomic E-state index is 12.0. The number of alkyl halides is 3. The van der Waals surface area contributed by atoms with Gasteiger partial charge in [0.2, 0.25) is 0 Å². The van der Waals surface area contributed by atoms with E-state index in [2.05, 4.69) is 0 Å². The summed E-state index contributed by atoms with van der Waals surface area (Å²) in [4.78, 5) is 22.3. The zero-order valence-corrected chi connectivity index (χ0v) is 7.86. The van der Waals surface area contributed by atoms with Crippen LogP contribution in [0.4, 0.5) is 13.2 Å². The van der Waals surface area contributed by atoms with E-state index in [0.717, 1.165) is 17.0 Å². The maximum absolute atomic E-state index is 12.0. The Balaban J connectivity index is 3.19. The minimum Gasteiger partial charge on any atom is -0.300 e. The Morgan fingerprint density at radius 2 is 1.69 bits per heavy atom. The van der Waals surface area contributed by atoms with E-state index < -0.39 is 23.8 Å². The molecule has 0 saturated carbocycles. The number of rotatable bonds is 2. The number of aromatic nitrogens is 2. The molecular weight excluding hydrogens is 227 g/mol. The van der Waals surface area contributed by atoms with Gasteiger partial charge in [-0.3, -0.25) is 14.2 Å². The van der Waals surface area contributed by atoms with Gasteiger partial charge in [0, 0.05) is 12.4 Å². The van der Waals surface area contributed by atoms with Crippen LogP contribution in [-0.2, 0) is 13.1 Å². The Bertz CT molecular complexity index is 535. The fourth-order valence-electron chi connectivity index (χ4n) is 1.06. The monoisotopic (exact) mass is 233 g/mol. The van der Waals surface area contributed by atoms with Crippen molar-refractivity contribution in [2.45, 2.75) is 19.3 Å². The Hall–Kier alpha value is -2.04. The largest absolute Gasteiger partial charge is 0.406 e. The highest BCUT2D eigenvalue weighted by molar-refractivity contribution is 4.89. The van der Waals surface area contributed by atoms with E-state index in [9.17, 15) is 22.8 Å². The predicted molar refractivity (Wildman–Crippen MR) is 46.6 cm³/mol. The first-order valence-corrected chi connectivity index (χ1v) is 4.09. The van der Waals surface area contributed by atoms with Crippen molar-refractivity contribution in [1.82, 2.24) is 9.13 Å². The van der Waals surface area contributed by atoms with Gasteiger partial charge in [0.25, 0.3) is 0 Å². The minimum absolute atomic E-state index is 0.260. The Kier molecular flexibility index (Phi) is 3.17. The summed E-state index contributed by atoms with van der Waals surface area (Å²) in [5.41, 5.74) is -2.44. The lowest BCUT2D eigenvalue weighted by molar-refractivity contribution is -0.141. The average molecular weight is 233 g/mol. The van der Waals surface area contributed by atoms with Crippen LogP contribution in [0.5, 0.6) is 0 Å². The van der Waals surface area contributed by atoms with Crippen LogP contribution in [0.3, 0.4) is 0 Å². The zero-order valence-electron chi connectivity index (χ0n) is 7.86. The van der Waals surface area contributed by atoms with Crippen molar-refractivity contribution in [3.05, 3.63) is 33.1 Å². The number of nitriles is 1. The highest BCUT2D eigenvalue weighted by atomic mass is 19.4. The third-order valence-corrected chi connectivity index (χ3v) is 1.72. The normalized spacial score (nSPS) is 11.1. The van der Waals surface area contributed by atoms with Crippen molar-refractivity contribution in [2.75, 3.05) is 0 Å². The Labute approximate surface area is 87.0 Å². The molecule has 8 heteroatoms. The van der Waals surface area contributed by atoms with Gasteiger partial charge in [-0.1, -0.05) is 0 Å². The molecule has 1 rings (SSSR count). The molecule has 86 valence electrons. The predicted octanol–water partition coefficient (Wildman–Crippen LogP) is 0.0959. The highest BCUT2D eigenvalue weighted by Crippen LogP contribution is 2.15. The van der Waals surface area contributed by atoms with Crippen LogP contribution >= 0.6 is 0 Å². The molecule has 0 fully saturated rings. The molecule has 1 aromatic heterocycles. The molecule has 0 spiro atoms. The lowest BCUT2D eigenvalue weighted by atomic mass is 10.5. The lowest BCUT2D eigenvalue weighted by Gasteiger charge is -2.09. The average Bonchev–Trinajstić information content (AvgIpc) is 2.16. The summed E-state index contributed by atoms with van der Waals surface area (Å²) < 4.78 is 36.9. The van der Waals surface area contributed by atoms with E-state index in [1.165, 1.54) is 0 Å². The maximum Gasteiger partial charge on any atom is 0.406 e. The van der Waals surface area contributed by atoms with E-state index in [-0.39, 0.29) is 11.1 Å². The van der Waals surface area contributed by atoms with Gasteiger partial charge < -0.3 is 4.57 Å². The number of nitrogens with zero attached hydrogens (tertiary/aromatic N) is 3. The summed E-state index contributed by atoms with van der Waals surface area (Å²) in [6.45, 7) is -1.89. The first kappa shape index (κ1) is 12.0. The second-order valence-corrected chi connectivity index (χ2v) is 2.94. The third-order valence-electron chi connectivity index (χ3n) is 1.72. The van der Waals surface area contributed by atoms with Crippen molar-refractivity contribution < 1.29 is 13.2 Å². The van der Waals surface area contributed by atoms with Gasteiger partial charge >= 0.3 is 17.3 Å². The summed E-state index contributed by atoms with van der Waals surface area (Å²) in [6.07, 6.45) is -2.77. The van der Waals surface area contributed by atoms with Crippen LogP contribution in [0.2, 0.25) is 0 Å². The molecule has 1 aromatic rings. The fraction of sp³-hybridized carbons (Fsp3) is 0.375. The van der Waals surface area contributed by atoms with Crippen LogP contribution in [0, 0.1) is 11.3 Å². The number of hydrogen-bond acceptors (Lipinski definition) is 3. The topological polar surface area (TPSA) is 67.8 Å². The van der Waals surface area contributed by atoms with E-state index >= 15 is 0 Å². The van der Waals surface area contributed by atoms with Crippen LogP contribution in [0.15, 0.2) is 22.0 Å². The zero-order chi connectivity index (χ0) is 12.3. The van der Waals surface area contributed by atoms with Gasteiger partial charge in [0.1, 0.15) is 13.1 Å². The van der Waals surface area contributed by atoms with Crippen LogP contribution in [0.1, 0.15) is 0 Å². The second kappa shape index (κ2) is 4.22. The second-order valence-electron chi connectivity index (χ2n) is 2.94. The Morgan fingerprint density at radius 3 is 2.19 bits per heavy atom. The van der Waals surface area contributed by atoms with Gasteiger partial charge in [0.15, 0.2) is 0 Å². The van der Waals surface area contributed by atoms with Gasteiger partial charge in [-0.25, -0.2) is 0 Å². The molecule has 0 unspecified atom stereocenters. The number of halogens is 3. The summed E-state index contributed by atoms with van der Waals surface area (Å²) in [7, 11) is 0. The van der Waals surface area contributed by atoms with Crippen molar-refractivity contribution >= 4 is 0 Å². The molecule has 0 saturated heterocycles. The molecule has 0 amide bonds. The van der Waals surface area contributed by atoms with Crippen molar-refractivity contribution in [3.8, 4) is 6.07 Å². The van der Waals surface area contributed by atoms with Crippen molar-refractivity contribution in [1.29, 1.82) is 5.26 Å². The summed E-state index contributed by atoms with van der Waals surface area (Å²) in [6, 6.07) is 1.61. The van der Waals surface area contributed by atoms with Crippen LogP contribution in [-0.4, -0.2) is 15.3 Å². The molecule has 5 nitrogen and oxygen atoms in total. The van der Waals surface area contributed by atoms with Crippen molar-refractivity contribution in [3.63, 3.8) is 0 Å². The number of hydrogen-bond donors (Lipinski definition) is 0. The fourth-order valence-corrected chi connectivity index (χ4v) is 1.06. The van der Waals surface area contributed by atoms with E-state index in [0.29, 0.717) is 0 Å². The first-order valence-electron chi connectivity index (χ1n) is 4.09. The summed E-state index contributed by atoms with van der Waals surface area (Å²) >= 11 is 0. The first-order chi connectivity index (χ1) is 7.35. The van der Waals surface area contributed by atoms with Crippen LogP contribution in [0.25, 0.3) is 0 Å². The lowest BCUT2D eigenvalue weighted by Crippen LogP contribution is -2.42. The third kappa shape index (κ3) is 2.73. The van der Waals surface area contributed by atoms with E-state index in [1.807, 2.05) is 0 Å². The smallest absolute Gasteiger partial charge is 0.300 e. The standard InChI is InChI=1S/C8H6F3N3O2/c9-8(10,11)5-14-4-3-13(2-1-12)6(15)7(14)16/h3-4H,2,5H2. The van der Waals surface area contributed by atoms with Crippen LogP contribution < -0.4 is 11.1 Å². The molecule has 0 aromatic carbocycles. The molecule has 0 aliphatic carbocycles. The van der Waals surface area contributed by atoms with Gasteiger partial charge in [-0.2, -0.15) is 18.4 Å². The molecule has 16 heavy (non-hydrogen) atoms. The molecule has 1 heterocycles. The molecule has 0 aliphatic heterocycles. The molecular formula is C8H6F3N3O2. The highest BCUT2D eigenvalue weighted by Gasteiger charge is 2.28. The molecule has 0 radical (unpaired) electrons. The van der Waals surface area contributed by atoms with E-state index in [1.54, 1.807) is 6.07 Å². The van der Waals surface area contributed by atoms with Crippen molar-refractivity contribution in [2.24, 2.45) is 0 Å². The molecule has 0 bridgehead atoms. The SMILES string of the molecule is N#CCn1ccn(CC(F)(F)F)c(=O)c1=O. The van der Waals surface area contributed by atoms with E-state index in [4.69, 9.17) is 5.26 Å². The molecule has 0 aliphatic rings. The summed E-state index contributed by atoms with van der Waals surface area (Å²) in [5, 5.41) is 8.29. The Morgan fingerprint density at radius 1 is 1.19 bits per heavy atom. The minimum atomic E-state index is -4.57. The quantitative estimate of drug-likeness (QED) is 0.680. The van der Waals surface area contributed by atoms with Gasteiger partial charge in [-0.05, 0) is 0 Å². The van der Waals surface area contributed by atoms with Gasteiger partial charge in [-0.15, -0.1) is 0 Å².